The summed E-state index contributed by atoms with van der Waals surface area (Å²) < 4.78 is 19.0. The number of aromatic hydroxyl groups is 1. The summed E-state index contributed by atoms with van der Waals surface area (Å²) in [6.45, 7) is 5.00. The molecule has 0 radical (unpaired) electrons. The van der Waals surface area contributed by atoms with Gasteiger partial charge in [0.05, 0.1) is 12.1 Å². The minimum absolute atomic E-state index is 0.0207. The zero-order chi connectivity index (χ0) is 17.3. The third-order valence-electron chi connectivity index (χ3n) is 4.26. The summed E-state index contributed by atoms with van der Waals surface area (Å²) in [4.78, 5) is 11.4. The number of nitrogens with zero attached hydrogens (tertiary/aromatic N) is 1. The number of nitrogens with one attached hydrogen (secondary N) is 2. The van der Waals surface area contributed by atoms with E-state index in [9.17, 15) is 14.3 Å². The number of amides is 1. The molecule has 2 heterocycles. The molecule has 3 rings (SSSR count). The van der Waals surface area contributed by atoms with E-state index in [1.165, 1.54) is 10.4 Å². The summed E-state index contributed by atoms with van der Waals surface area (Å²) in [5.41, 5.74) is 1.43. The highest BCUT2D eigenvalue weighted by atomic mass is 32.2. The highest BCUT2D eigenvalue weighted by Crippen LogP contribution is 2.39. The lowest BCUT2D eigenvalue weighted by atomic mass is 10.0. The number of phenolic OH excluding ortho intramolecular Hbond substituents is 1. The lowest BCUT2D eigenvalue weighted by Crippen LogP contribution is -2.22. The Balaban J connectivity index is 1.84. The molecule has 3 N–H and O–H groups in total. The molecular formula is C17H22FN3O2S. The maximum absolute atomic E-state index is 15.0. The van der Waals surface area contributed by atoms with Crippen LogP contribution in [0.3, 0.4) is 0 Å². The number of halogens is 1. The van der Waals surface area contributed by atoms with Crippen molar-refractivity contribution in [3.05, 3.63) is 29.6 Å². The van der Waals surface area contributed by atoms with Crippen LogP contribution in [-0.4, -0.2) is 30.1 Å². The topological polar surface area (TPSA) is 64.6 Å². The number of carbonyl (C=O) groups is 1. The molecule has 1 atom stereocenters. The summed E-state index contributed by atoms with van der Waals surface area (Å²) in [5, 5.41) is 13.4. The highest BCUT2D eigenvalue weighted by molar-refractivity contribution is 7.99. The summed E-state index contributed by atoms with van der Waals surface area (Å²) in [6, 6.07) is 3.34. The monoisotopic (exact) mass is 351 g/mol. The molecule has 1 unspecified atom stereocenters. The molecule has 2 aliphatic heterocycles. The fourth-order valence-corrected chi connectivity index (χ4v) is 3.67. The Morgan fingerprint density at radius 3 is 2.92 bits per heavy atom. The van der Waals surface area contributed by atoms with Crippen LogP contribution in [0.25, 0.3) is 5.57 Å². The Kier molecular flexibility index (Phi) is 5.01. The van der Waals surface area contributed by atoms with E-state index in [0.717, 1.165) is 30.5 Å². The van der Waals surface area contributed by atoms with Gasteiger partial charge in [0.25, 0.3) is 5.91 Å². The average Bonchev–Trinajstić information content (AvgIpc) is 3.15. The Morgan fingerprint density at radius 1 is 1.46 bits per heavy atom. The van der Waals surface area contributed by atoms with Crippen LogP contribution in [0, 0.1) is 11.7 Å². The van der Waals surface area contributed by atoms with Gasteiger partial charge in [-0.1, -0.05) is 19.9 Å². The van der Waals surface area contributed by atoms with Crippen molar-refractivity contribution < 1.29 is 14.3 Å². The minimum atomic E-state index is -0.489. The van der Waals surface area contributed by atoms with Crippen LogP contribution >= 0.6 is 12.1 Å². The smallest absolute Gasteiger partial charge is 0.251 e. The molecule has 5 nitrogen and oxygen atoms in total. The van der Waals surface area contributed by atoms with Crippen LogP contribution in [0.2, 0.25) is 0 Å². The highest BCUT2D eigenvalue weighted by Gasteiger charge is 2.28. The molecule has 24 heavy (non-hydrogen) atoms. The molecule has 1 saturated heterocycles. The predicted molar refractivity (Wildman–Crippen MR) is 95.0 cm³/mol. The van der Waals surface area contributed by atoms with E-state index in [0.29, 0.717) is 18.0 Å². The Labute approximate surface area is 145 Å². The van der Waals surface area contributed by atoms with Crippen LogP contribution < -0.4 is 14.3 Å². The van der Waals surface area contributed by atoms with Crippen LogP contribution in [0.1, 0.15) is 32.3 Å². The van der Waals surface area contributed by atoms with Gasteiger partial charge in [0.1, 0.15) is 18.0 Å². The first-order valence-electron chi connectivity index (χ1n) is 8.15. The van der Waals surface area contributed by atoms with E-state index in [4.69, 9.17) is 0 Å². The number of hydrogen-bond acceptors (Lipinski definition) is 5. The molecule has 0 bridgehead atoms. The zero-order valence-corrected chi connectivity index (χ0v) is 14.6. The van der Waals surface area contributed by atoms with E-state index in [2.05, 4.69) is 30.0 Å². The van der Waals surface area contributed by atoms with Crippen molar-refractivity contribution in [2.45, 2.75) is 32.7 Å². The molecule has 1 aromatic carbocycles. The third kappa shape index (κ3) is 3.52. The van der Waals surface area contributed by atoms with Crippen molar-refractivity contribution in [3.8, 4) is 5.75 Å². The van der Waals surface area contributed by atoms with Gasteiger partial charge in [0, 0.05) is 18.2 Å². The predicted octanol–water partition coefficient (Wildman–Crippen LogP) is 2.82. The summed E-state index contributed by atoms with van der Waals surface area (Å²) in [6.07, 6.45) is 4.21. The second-order valence-corrected chi connectivity index (χ2v) is 7.43. The minimum Gasteiger partial charge on any atom is -0.506 e. The first kappa shape index (κ1) is 17.1. The lowest BCUT2D eigenvalue weighted by Gasteiger charge is -2.18. The van der Waals surface area contributed by atoms with Gasteiger partial charge in [-0.15, -0.1) is 0 Å². The number of anilines is 1. The van der Waals surface area contributed by atoms with Crippen molar-refractivity contribution in [2.24, 2.45) is 5.92 Å². The number of benzene rings is 1. The van der Waals surface area contributed by atoms with Gasteiger partial charge < -0.3 is 10.4 Å². The molecule has 1 amide bonds. The molecule has 0 aromatic heterocycles. The molecule has 1 aromatic rings. The van der Waals surface area contributed by atoms with E-state index in [-0.39, 0.29) is 29.9 Å². The van der Waals surface area contributed by atoms with Gasteiger partial charge in [0.15, 0.2) is 5.82 Å². The first-order chi connectivity index (χ1) is 11.5. The van der Waals surface area contributed by atoms with Crippen LogP contribution in [0.5, 0.6) is 5.75 Å². The lowest BCUT2D eigenvalue weighted by molar-refractivity contribution is -0.117. The summed E-state index contributed by atoms with van der Waals surface area (Å²) >= 11 is 0.994. The molecule has 0 saturated carbocycles. The molecule has 0 spiro atoms. The Morgan fingerprint density at radius 2 is 2.25 bits per heavy atom. The maximum Gasteiger partial charge on any atom is 0.251 e. The largest absolute Gasteiger partial charge is 0.506 e. The molecular weight excluding hydrogens is 329 g/mol. The molecule has 7 heteroatoms. The van der Waals surface area contributed by atoms with E-state index < -0.39 is 5.82 Å². The first-order valence-corrected chi connectivity index (χ1v) is 8.92. The average molecular weight is 351 g/mol. The van der Waals surface area contributed by atoms with E-state index >= 15 is 0 Å². The fraction of sp³-hybridized carbons (Fsp3) is 0.471. The Hall–Kier alpha value is -1.73. The SMILES string of the molecule is CC(C)CCC1C=C(c2ccc(O)c(N3CC(=O)NS3)c2F)CN1. The number of carbonyl (C=O) groups excluding carboxylic acids is 1. The summed E-state index contributed by atoms with van der Waals surface area (Å²) in [7, 11) is 0. The number of rotatable bonds is 5. The molecule has 1 fully saturated rings. The zero-order valence-electron chi connectivity index (χ0n) is 13.8. The number of hydrogen-bond donors (Lipinski definition) is 3. The van der Waals surface area contributed by atoms with Gasteiger partial charge in [0.2, 0.25) is 0 Å². The van der Waals surface area contributed by atoms with Gasteiger partial charge in [-0.25, -0.2) is 4.39 Å². The second-order valence-electron chi connectivity index (χ2n) is 6.60. The van der Waals surface area contributed by atoms with Gasteiger partial charge in [-0.2, -0.15) is 0 Å². The van der Waals surface area contributed by atoms with Crippen molar-refractivity contribution in [2.75, 3.05) is 17.4 Å². The van der Waals surface area contributed by atoms with Crippen molar-refractivity contribution in [3.63, 3.8) is 0 Å². The third-order valence-corrected chi connectivity index (χ3v) is 5.11. The molecule has 130 valence electrons. The van der Waals surface area contributed by atoms with Gasteiger partial charge in [-0.3, -0.25) is 13.8 Å². The van der Waals surface area contributed by atoms with Crippen molar-refractivity contribution in [1.82, 2.24) is 10.0 Å². The van der Waals surface area contributed by atoms with Gasteiger partial charge in [-0.05, 0) is 36.5 Å². The normalized spacial score (nSPS) is 20.7. The van der Waals surface area contributed by atoms with Crippen molar-refractivity contribution >= 4 is 29.3 Å². The fourth-order valence-electron chi connectivity index (χ4n) is 2.95. The second kappa shape index (κ2) is 7.03. The quantitative estimate of drug-likeness (QED) is 0.712. The van der Waals surface area contributed by atoms with Crippen LogP contribution in [-0.2, 0) is 4.79 Å². The number of phenols is 1. The van der Waals surface area contributed by atoms with Crippen LogP contribution in [0.4, 0.5) is 10.1 Å². The molecule has 0 aliphatic carbocycles. The maximum atomic E-state index is 15.0. The molecule has 2 aliphatic rings. The Bertz CT molecular complexity index is 678. The van der Waals surface area contributed by atoms with E-state index in [1.54, 1.807) is 6.07 Å². The van der Waals surface area contributed by atoms with Gasteiger partial charge >= 0.3 is 0 Å². The van der Waals surface area contributed by atoms with Crippen molar-refractivity contribution in [1.29, 1.82) is 0 Å². The van der Waals surface area contributed by atoms with Crippen LogP contribution in [0.15, 0.2) is 18.2 Å². The van der Waals surface area contributed by atoms with E-state index in [1.807, 2.05) is 0 Å². The summed E-state index contributed by atoms with van der Waals surface area (Å²) in [5.74, 6) is -0.224. The standard InChI is InChI=1S/C17H22FN3O2S/c1-10(2)3-4-12-7-11(8-19-12)13-5-6-14(22)17(16(13)18)21-9-15(23)20-24-21/h5-7,10,12,19,22H,3-4,8-9H2,1-2H3,(H,20,23).